The van der Waals surface area contributed by atoms with Crippen LogP contribution in [0.3, 0.4) is 0 Å². The number of nitrogens with one attached hydrogen (secondary N) is 2. The molecule has 33 heavy (non-hydrogen) atoms. The Morgan fingerprint density at radius 2 is 1.91 bits per heavy atom. The Kier molecular flexibility index (Phi) is 5.15. The number of amides is 1. The molecule has 2 N–H and O–H groups in total. The van der Waals surface area contributed by atoms with Crippen LogP contribution in [-0.2, 0) is 0 Å². The molecule has 1 fully saturated rings. The van der Waals surface area contributed by atoms with Crippen LogP contribution in [0.2, 0.25) is 0 Å². The van der Waals surface area contributed by atoms with Gasteiger partial charge in [0.25, 0.3) is 5.91 Å². The van der Waals surface area contributed by atoms with Gasteiger partial charge in [0.15, 0.2) is 11.5 Å². The highest BCUT2D eigenvalue weighted by Gasteiger charge is 2.24. The maximum absolute atomic E-state index is 14.5. The fraction of sp³-hybridized carbons (Fsp3) is 0.250. The molecular formula is C24H22FN7O. The Balaban J connectivity index is 1.50. The van der Waals surface area contributed by atoms with Crippen molar-refractivity contribution in [1.82, 2.24) is 24.7 Å². The third-order valence-corrected chi connectivity index (χ3v) is 5.66. The van der Waals surface area contributed by atoms with Crippen LogP contribution in [0, 0.1) is 18.2 Å². The zero-order valence-electron chi connectivity index (χ0n) is 18.2. The molecule has 9 heteroatoms. The lowest BCUT2D eigenvalue weighted by Crippen LogP contribution is -2.54. The van der Waals surface area contributed by atoms with Gasteiger partial charge in [0.1, 0.15) is 16.7 Å². The van der Waals surface area contributed by atoms with E-state index < -0.39 is 11.7 Å². The molecule has 4 aromatic rings. The van der Waals surface area contributed by atoms with Gasteiger partial charge in [0.2, 0.25) is 0 Å². The number of aromatic nitrogens is 4. The van der Waals surface area contributed by atoms with E-state index in [1.807, 2.05) is 6.07 Å². The summed E-state index contributed by atoms with van der Waals surface area (Å²) in [5.41, 5.74) is 3.12. The summed E-state index contributed by atoms with van der Waals surface area (Å²) in [5.74, 6) is 1.38. The standard InChI is InChI=1S/C24H22FN7O/c1-4-16-12-32-13-17(9-19(25)23(32)29-16)30-24(33)18-5-6-20(22-21(18)26-7-8-27-22)31-10-14(2)28-15(3)11-31/h1,5-9,12-15,28H,10-11H2,2-3H3,(H,30,33)/t14-,15-/m1/s1. The topological polar surface area (TPSA) is 87.5 Å². The molecule has 5 rings (SSSR count). The monoisotopic (exact) mass is 443 g/mol. The summed E-state index contributed by atoms with van der Waals surface area (Å²) in [6.07, 6.45) is 11.6. The number of rotatable bonds is 3. The number of carbonyl (C=O) groups excluding carboxylic acids is 1. The number of imidazole rings is 1. The van der Waals surface area contributed by atoms with Crippen LogP contribution < -0.4 is 15.5 Å². The summed E-state index contributed by atoms with van der Waals surface area (Å²) < 4.78 is 15.9. The van der Waals surface area contributed by atoms with Gasteiger partial charge >= 0.3 is 0 Å². The number of anilines is 2. The SMILES string of the molecule is C#Cc1cn2cc(NC(=O)c3ccc(N4C[C@@H](C)N[C@H](C)C4)c4nccnc34)cc(F)c2n1. The van der Waals surface area contributed by atoms with E-state index in [0.717, 1.165) is 18.8 Å². The Morgan fingerprint density at radius 1 is 1.18 bits per heavy atom. The van der Waals surface area contributed by atoms with Crippen molar-refractivity contribution < 1.29 is 9.18 Å². The molecule has 0 saturated carbocycles. The molecule has 1 aliphatic heterocycles. The average molecular weight is 443 g/mol. The lowest BCUT2D eigenvalue weighted by Gasteiger charge is -2.38. The lowest BCUT2D eigenvalue weighted by molar-refractivity contribution is 0.102. The first-order valence-electron chi connectivity index (χ1n) is 10.6. The van der Waals surface area contributed by atoms with E-state index in [-0.39, 0.29) is 11.3 Å². The van der Waals surface area contributed by atoms with Gasteiger partial charge in [-0.1, -0.05) is 0 Å². The molecule has 1 aliphatic rings. The number of carbonyl (C=O) groups is 1. The highest BCUT2D eigenvalue weighted by atomic mass is 19.1. The van der Waals surface area contributed by atoms with Crippen LogP contribution >= 0.6 is 0 Å². The number of terminal acetylenes is 1. The van der Waals surface area contributed by atoms with Crippen molar-refractivity contribution >= 4 is 34.0 Å². The number of pyridine rings is 1. The normalized spacial score (nSPS) is 18.4. The molecule has 0 bridgehead atoms. The molecular weight excluding hydrogens is 421 g/mol. The van der Waals surface area contributed by atoms with Crippen LogP contribution in [0.15, 0.2) is 43.0 Å². The summed E-state index contributed by atoms with van der Waals surface area (Å²) in [6, 6.07) is 5.50. The molecule has 0 unspecified atom stereocenters. The van der Waals surface area contributed by atoms with E-state index in [1.165, 1.54) is 16.7 Å². The third-order valence-electron chi connectivity index (χ3n) is 5.66. The van der Waals surface area contributed by atoms with Crippen LogP contribution in [0.25, 0.3) is 16.7 Å². The smallest absolute Gasteiger partial charge is 0.257 e. The van der Waals surface area contributed by atoms with E-state index in [9.17, 15) is 9.18 Å². The number of hydrogen-bond acceptors (Lipinski definition) is 6. The number of hydrogen-bond donors (Lipinski definition) is 2. The van der Waals surface area contributed by atoms with Crippen molar-refractivity contribution in [1.29, 1.82) is 0 Å². The third kappa shape index (κ3) is 3.85. The summed E-state index contributed by atoms with van der Waals surface area (Å²) in [5, 5.41) is 6.27. The van der Waals surface area contributed by atoms with Crippen molar-refractivity contribution in [3.63, 3.8) is 0 Å². The molecule has 0 aliphatic carbocycles. The Morgan fingerprint density at radius 3 is 2.64 bits per heavy atom. The van der Waals surface area contributed by atoms with Crippen molar-refractivity contribution in [2.75, 3.05) is 23.3 Å². The van der Waals surface area contributed by atoms with E-state index >= 15 is 0 Å². The summed E-state index contributed by atoms with van der Waals surface area (Å²) in [4.78, 5) is 28.4. The molecule has 1 saturated heterocycles. The Bertz CT molecular complexity index is 1410. The van der Waals surface area contributed by atoms with Gasteiger partial charge < -0.3 is 19.9 Å². The minimum absolute atomic E-state index is 0.0982. The van der Waals surface area contributed by atoms with Crippen molar-refractivity contribution in [3.05, 3.63) is 60.1 Å². The number of nitrogens with zero attached hydrogens (tertiary/aromatic N) is 5. The number of benzene rings is 1. The second-order valence-corrected chi connectivity index (χ2v) is 8.29. The van der Waals surface area contributed by atoms with Crippen LogP contribution in [0.5, 0.6) is 0 Å². The Labute approximate surface area is 189 Å². The van der Waals surface area contributed by atoms with Gasteiger partial charge in [-0.3, -0.25) is 14.8 Å². The molecule has 0 radical (unpaired) electrons. The van der Waals surface area contributed by atoms with Crippen LogP contribution in [0.4, 0.5) is 15.8 Å². The number of piperazine rings is 1. The highest BCUT2D eigenvalue weighted by Crippen LogP contribution is 2.29. The molecule has 2 atom stereocenters. The van der Waals surface area contributed by atoms with Gasteiger partial charge in [-0.15, -0.1) is 6.42 Å². The molecule has 3 aromatic heterocycles. The summed E-state index contributed by atoms with van der Waals surface area (Å²) in [6.45, 7) is 5.93. The van der Waals surface area contributed by atoms with Gasteiger partial charge in [0, 0.05) is 56.0 Å². The highest BCUT2D eigenvalue weighted by molar-refractivity contribution is 6.13. The van der Waals surface area contributed by atoms with E-state index in [4.69, 9.17) is 6.42 Å². The maximum Gasteiger partial charge on any atom is 0.257 e. The van der Waals surface area contributed by atoms with Crippen molar-refractivity contribution in [2.24, 2.45) is 0 Å². The van der Waals surface area contributed by atoms with Gasteiger partial charge in [-0.25, -0.2) is 9.37 Å². The second-order valence-electron chi connectivity index (χ2n) is 8.29. The van der Waals surface area contributed by atoms with Crippen molar-refractivity contribution in [3.8, 4) is 12.3 Å². The van der Waals surface area contributed by atoms with Gasteiger partial charge in [0.05, 0.1) is 16.9 Å². The first kappa shape index (κ1) is 20.8. The first-order valence-corrected chi connectivity index (χ1v) is 10.6. The maximum atomic E-state index is 14.5. The Hall–Kier alpha value is -4.03. The second kappa shape index (κ2) is 8.15. The van der Waals surface area contributed by atoms with E-state index in [1.54, 1.807) is 24.7 Å². The first-order chi connectivity index (χ1) is 15.9. The zero-order valence-corrected chi connectivity index (χ0v) is 18.2. The molecule has 1 amide bonds. The zero-order chi connectivity index (χ0) is 23.1. The molecule has 4 heterocycles. The summed E-state index contributed by atoms with van der Waals surface area (Å²) in [7, 11) is 0. The van der Waals surface area contributed by atoms with Crippen LogP contribution in [0.1, 0.15) is 29.9 Å². The average Bonchev–Trinajstić information content (AvgIpc) is 3.21. The van der Waals surface area contributed by atoms with E-state index in [2.05, 4.69) is 50.3 Å². The van der Waals surface area contributed by atoms with Gasteiger partial charge in [-0.05, 0) is 31.9 Å². The quantitative estimate of drug-likeness (QED) is 0.474. The number of halogens is 1. The molecule has 0 spiro atoms. The summed E-state index contributed by atoms with van der Waals surface area (Å²) >= 11 is 0. The largest absolute Gasteiger partial charge is 0.367 e. The molecule has 1 aromatic carbocycles. The van der Waals surface area contributed by atoms with Gasteiger partial charge in [-0.2, -0.15) is 0 Å². The van der Waals surface area contributed by atoms with Crippen molar-refractivity contribution in [2.45, 2.75) is 25.9 Å². The molecule has 8 nitrogen and oxygen atoms in total. The fourth-order valence-electron chi connectivity index (χ4n) is 4.40. The van der Waals surface area contributed by atoms with E-state index in [0.29, 0.717) is 34.4 Å². The number of fused-ring (bicyclic) bond motifs is 2. The predicted octanol–water partition coefficient (Wildman–Crippen LogP) is 2.84. The fourth-order valence-corrected chi connectivity index (χ4v) is 4.40. The predicted molar refractivity (Wildman–Crippen MR) is 125 cm³/mol. The molecule has 166 valence electrons. The van der Waals surface area contributed by atoms with Crippen LogP contribution in [-0.4, -0.2) is 50.4 Å². The minimum Gasteiger partial charge on any atom is -0.367 e. The minimum atomic E-state index is -0.587. The lowest BCUT2D eigenvalue weighted by atomic mass is 10.1.